The molecule has 0 aliphatic carbocycles. The Morgan fingerprint density at radius 1 is 1.06 bits per heavy atom. The van der Waals surface area contributed by atoms with E-state index in [1.54, 1.807) is 13.3 Å². The first-order valence-electron chi connectivity index (χ1n) is 11.7. The summed E-state index contributed by atoms with van der Waals surface area (Å²) < 4.78 is 5.44. The maximum absolute atomic E-state index is 13.4. The summed E-state index contributed by atoms with van der Waals surface area (Å²) in [5.41, 5.74) is 2.47. The third kappa shape index (κ3) is 4.30. The number of fused-ring (bicyclic) bond motifs is 2. The van der Waals surface area contributed by atoms with Crippen molar-refractivity contribution in [3.63, 3.8) is 0 Å². The largest absolute Gasteiger partial charge is 0.496 e. The van der Waals surface area contributed by atoms with E-state index in [1.807, 2.05) is 64.4 Å². The number of hydrogen-bond donors (Lipinski definition) is 0. The van der Waals surface area contributed by atoms with Gasteiger partial charge in [-0.15, -0.1) is 0 Å². The first kappa shape index (κ1) is 21.4. The van der Waals surface area contributed by atoms with Gasteiger partial charge in [-0.3, -0.25) is 14.6 Å². The molecule has 0 spiro atoms. The third-order valence-electron chi connectivity index (χ3n) is 7.02. The Bertz CT molecular complexity index is 1180. The van der Waals surface area contributed by atoms with E-state index in [1.165, 1.54) is 0 Å². The molecule has 2 fully saturated rings. The van der Waals surface area contributed by atoms with E-state index in [0.717, 1.165) is 48.0 Å². The quantitative estimate of drug-likeness (QED) is 0.613. The van der Waals surface area contributed by atoms with Crippen molar-refractivity contribution in [1.82, 2.24) is 14.8 Å². The van der Waals surface area contributed by atoms with Gasteiger partial charge in [0.1, 0.15) is 5.75 Å². The van der Waals surface area contributed by atoms with Crippen LogP contribution in [0.15, 0.2) is 60.8 Å². The van der Waals surface area contributed by atoms with Gasteiger partial charge < -0.3 is 14.5 Å². The molecule has 0 bridgehead atoms. The topological polar surface area (TPSA) is 62.7 Å². The molecule has 2 aromatic carbocycles. The van der Waals surface area contributed by atoms with E-state index in [0.29, 0.717) is 31.0 Å². The predicted molar refractivity (Wildman–Crippen MR) is 127 cm³/mol. The fourth-order valence-electron chi connectivity index (χ4n) is 5.33. The van der Waals surface area contributed by atoms with Gasteiger partial charge in [-0.25, -0.2) is 0 Å². The Balaban J connectivity index is 1.34. The molecule has 0 saturated carbocycles. The second-order valence-corrected chi connectivity index (χ2v) is 9.02. The van der Waals surface area contributed by atoms with Crippen molar-refractivity contribution in [2.24, 2.45) is 5.92 Å². The zero-order valence-electron chi connectivity index (χ0n) is 18.9. The van der Waals surface area contributed by atoms with Gasteiger partial charge in [0.15, 0.2) is 0 Å². The number of ether oxygens (including phenoxy) is 1. The summed E-state index contributed by atoms with van der Waals surface area (Å²) in [7, 11) is 1.63. The first-order valence-corrected chi connectivity index (χ1v) is 11.7. The van der Waals surface area contributed by atoms with Gasteiger partial charge in [-0.1, -0.05) is 30.7 Å². The Morgan fingerprint density at radius 3 is 2.82 bits per heavy atom. The number of hydrogen-bond acceptors (Lipinski definition) is 4. The molecule has 2 saturated heterocycles. The maximum Gasteiger partial charge on any atom is 0.253 e. The number of methoxy groups -OCH3 is 1. The number of nitrogens with zero attached hydrogens (tertiary/aromatic N) is 3. The second kappa shape index (κ2) is 9.22. The van der Waals surface area contributed by atoms with E-state index in [4.69, 9.17) is 4.74 Å². The molecule has 0 radical (unpaired) electrons. The minimum absolute atomic E-state index is 0.0333. The Morgan fingerprint density at radius 2 is 1.94 bits per heavy atom. The average molecular weight is 444 g/mol. The third-order valence-corrected chi connectivity index (χ3v) is 7.02. The van der Waals surface area contributed by atoms with E-state index in [9.17, 15) is 9.59 Å². The van der Waals surface area contributed by atoms with Crippen LogP contribution < -0.4 is 4.74 Å². The normalized spacial score (nSPS) is 20.4. The Hall–Kier alpha value is -3.41. The van der Waals surface area contributed by atoms with Crippen LogP contribution in [0.3, 0.4) is 0 Å². The van der Waals surface area contributed by atoms with Crippen molar-refractivity contribution in [3.05, 3.63) is 71.9 Å². The summed E-state index contributed by atoms with van der Waals surface area (Å²) in [6, 6.07) is 17.3. The van der Waals surface area contributed by atoms with Crippen LogP contribution in [0.25, 0.3) is 10.9 Å². The number of carbonyl (C=O) groups is 2. The zero-order chi connectivity index (χ0) is 22.8. The highest BCUT2D eigenvalue weighted by Crippen LogP contribution is 2.32. The molecule has 6 heteroatoms. The van der Waals surface area contributed by atoms with E-state index < -0.39 is 0 Å². The fraction of sp³-hybridized carbons (Fsp3) is 0.370. The van der Waals surface area contributed by atoms with Crippen LogP contribution in [0.1, 0.15) is 35.2 Å². The van der Waals surface area contributed by atoms with Crippen LogP contribution in [-0.4, -0.2) is 59.4 Å². The van der Waals surface area contributed by atoms with Crippen LogP contribution >= 0.6 is 0 Å². The average Bonchev–Trinajstić information content (AvgIpc) is 3.17. The molecule has 2 atom stereocenters. The zero-order valence-corrected chi connectivity index (χ0v) is 18.9. The van der Waals surface area contributed by atoms with E-state index in [2.05, 4.69) is 4.98 Å². The number of benzene rings is 2. The number of carbonyl (C=O) groups excluding carboxylic acids is 2. The molecular formula is C27H29N3O3. The Kier molecular flexibility index (Phi) is 5.99. The van der Waals surface area contributed by atoms with Crippen LogP contribution in [0.4, 0.5) is 0 Å². The molecule has 3 aromatic rings. The minimum atomic E-state index is 0.0333. The number of pyridine rings is 1. The van der Waals surface area contributed by atoms with E-state index in [-0.39, 0.29) is 17.9 Å². The lowest BCUT2D eigenvalue weighted by molar-refractivity contribution is -0.133. The molecular weight excluding hydrogens is 414 g/mol. The fourth-order valence-corrected chi connectivity index (χ4v) is 5.33. The monoisotopic (exact) mass is 443 g/mol. The minimum Gasteiger partial charge on any atom is -0.496 e. The van der Waals surface area contributed by atoms with Crippen molar-refractivity contribution >= 4 is 22.7 Å². The highest BCUT2D eigenvalue weighted by Gasteiger charge is 2.41. The highest BCUT2D eigenvalue weighted by molar-refractivity contribution is 5.98. The second-order valence-electron chi connectivity index (χ2n) is 9.02. The van der Waals surface area contributed by atoms with Gasteiger partial charge in [0, 0.05) is 42.3 Å². The molecule has 1 aromatic heterocycles. The molecule has 2 amide bonds. The van der Waals surface area contributed by atoms with Gasteiger partial charge >= 0.3 is 0 Å². The SMILES string of the molecule is COc1ccccc1CC(=O)N1CCCC[C@H]2CN(C(=O)c3ccc4ncccc4c3)C[C@H]21. The lowest BCUT2D eigenvalue weighted by Gasteiger charge is -2.30. The van der Waals surface area contributed by atoms with E-state index >= 15 is 0 Å². The van der Waals surface area contributed by atoms with Crippen LogP contribution in [0, 0.1) is 5.92 Å². The predicted octanol–water partition coefficient (Wildman–Crippen LogP) is 3.94. The number of rotatable bonds is 4. The van der Waals surface area contributed by atoms with Gasteiger partial charge in [0.05, 0.1) is 25.1 Å². The smallest absolute Gasteiger partial charge is 0.253 e. The lowest BCUT2D eigenvalue weighted by atomic mass is 9.98. The van der Waals surface area contributed by atoms with Gasteiger partial charge in [0.25, 0.3) is 5.91 Å². The van der Waals surface area contributed by atoms with Crippen molar-refractivity contribution in [2.75, 3.05) is 26.7 Å². The standard InChI is InChI=1S/C27H29N3O3/c1-33-25-10-3-2-7-20(25)16-26(31)30-14-5-4-8-22-17-29(18-24(22)30)27(32)21-11-12-23-19(15-21)9-6-13-28-23/h2-3,6-7,9-13,15,22,24H,4-5,8,14,16-18H2,1H3/t22-,24+/m0/s1. The summed E-state index contributed by atoms with van der Waals surface area (Å²) in [5, 5.41) is 0.963. The lowest BCUT2D eigenvalue weighted by Crippen LogP contribution is -2.45. The molecule has 33 heavy (non-hydrogen) atoms. The molecule has 2 aliphatic heterocycles. The van der Waals surface area contributed by atoms with Gasteiger partial charge in [0.2, 0.25) is 5.91 Å². The van der Waals surface area contributed by atoms with Crippen molar-refractivity contribution in [2.45, 2.75) is 31.7 Å². The van der Waals surface area contributed by atoms with Crippen LogP contribution in [0.2, 0.25) is 0 Å². The van der Waals surface area contributed by atoms with Crippen LogP contribution in [0.5, 0.6) is 5.75 Å². The van der Waals surface area contributed by atoms with Crippen molar-refractivity contribution < 1.29 is 14.3 Å². The molecule has 5 rings (SSSR count). The number of likely N-dealkylation sites (tertiary alicyclic amines) is 2. The van der Waals surface area contributed by atoms with Crippen molar-refractivity contribution in [3.8, 4) is 5.75 Å². The molecule has 2 aliphatic rings. The summed E-state index contributed by atoms with van der Waals surface area (Å²) >= 11 is 0. The number of amides is 2. The number of aromatic nitrogens is 1. The Labute approximate surface area is 194 Å². The number of para-hydroxylation sites is 1. The van der Waals surface area contributed by atoms with Gasteiger partial charge in [-0.2, -0.15) is 0 Å². The first-order chi connectivity index (χ1) is 16.1. The summed E-state index contributed by atoms with van der Waals surface area (Å²) in [4.78, 5) is 35.0. The molecule has 3 heterocycles. The summed E-state index contributed by atoms with van der Waals surface area (Å²) in [6.07, 6.45) is 5.22. The highest BCUT2D eigenvalue weighted by atomic mass is 16.5. The molecule has 170 valence electrons. The molecule has 6 nitrogen and oxygen atoms in total. The van der Waals surface area contributed by atoms with Gasteiger partial charge in [-0.05, 0) is 49.1 Å². The van der Waals surface area contributed by atoms with Crippen molar-refractivity contribution in [1.29, 1.82) is 0 Å². The van der Waals surface area contributed by atoms with Crippen LogP contribution in [-0.2, 0) is 11.2 Å². The summed E-state index contributed by atoms with van der Waals surface area (Å²) in [6.45, 7) is 2.04. The molecule has 0 unspecified atom stereocenters. The summed E-state index contributed by atoms with van der Waals surface area (Å²) in [5.74, 6) is 1.21. The maximum atomic E-state index is 13.4. The molecule has 0 N–H and O–H groups in total.